The Hall–Kier alpha value is -2.44. The highest BCUT2D eigenvalue weighted by Crippen LogP contribution is 2.23. The lowest BCUT2D eigenvalue weighted by atomic mass is 10.0. The summed E-state index contributed by atoms with van der Waals surface area (Å²) in [4.78, 5) is 11.9. The van der Waals surface area contributed by atoms with Gasteiger partial charge in [0, 0.05) is 25.3 Å². The van der Waals surface area contributed by atoms with Gasteiger partial charge in [0.05, 0.1) is 23.3 Å². The van der Waals surface area contributed by atoms with E-state index in [0.29, 0.717) is 6.04 Å². The molecule has 3 N–H and O–H groups in total. The summed E-state index contributed by atoms with van der Waals surface area (Å²) in [7, 11) is 0. The van der Waals surface area contributed by atoms with Gasteiger partial charge < -0.3 is 20.5 Å². The number of nitrogens with zero attached hydrogens (tertiary/aromatic N) is 4. The predicted octanol–water partition coefficient (Wildman–Crippen LogP) is 3.09. The summed E-state index contributed by atoms with van der Waals surface area (Å²) in [6.45, 7) is 4.97. The number of pyridine rings is 1. The smallest absolute Gasteiger partial charge is 0.204 e. The Morgan fingerprint density at radius 1 is 1.04 bits per heavy atom. The summed E-state index contributed by atoms with van der Waals surface area (Å²) in [6, 6.07) is 14.9. The Balaban J connectivity index is 1.46. The van der Waals surface area contributed by atoms with Crippen LogP contribution >= 0.6 is 0 Å². The monoisotopic (exact) mass is 378 g/mol. The van der Waals surface area contributed by atoms with Gasteiger partial charge in [0.25, 0.3) is 0 Å². The highest BCUT2D eigenvalue weighted by atomic mass is 15.2. The Labute approximate surface area is 166 Å². The van der Waals surface area contributed by atoms with Crippen molar-refractivity contribution in [3.8, 4) is 0 Å². The second-order valence-electron chi connectivity index (χ2n) is 7.59. The van der Waals surface area contributed by atoms with Crippen molar-refractivity contribution in [1.82, 2.24) is 19.4 Å². The van der Waals surface area contributed by atoms with Crippen LogP contribution in [-0.4, -0.2) is 51.7 Å². The molecular weight excluding hydrogens is 348 g/mol. The number of benzene rings is 1. The number of hydrogen-bond donors (Lipinski definition) is 2. The lowest BCUT2D eigenvalue weighted by Crippen LogP contribution is -2.40. The third kappa shape index (κ3) is 4.51. The molecular formula is C22H30N6. The molecule has 0 aliphatic carbocycles. The number of hydrogen-bond acceptors (Lipinski definition) is 5. The number of nitrogens with one attached hydrogen (secondary N) is 1. The maximum Gasteiger partial charge on any atom is 0.204 e. The first kappa shape index (κ1) is 18.9. The third-order valence-corrected chi connectivity index (χ3v) is 5.55. The third-order valence-electron chi connectivity index (χ3n) is 5.55. The Morgan fingerprint density at radius 3 is 2.64 bits per heavy atom. The minimum absolute atomic E-state index is 0.463. The number of unbranched alkanes of at least 4 members (excludes halogenated alkanes) is 1. The van der Waals surface area contributed by atoms with E-state index in [4.69, 9.17) is 10.7 Å². The van der Waals surface area contributed by atoms with Crippen LogP contribution in [0.15, 0.2) is 48.7 Å². The molecule has 0 bridgehead atoms. The maximum atomic E-state index is 5.61. The van der Waals surface area contributed by atoms with Gasteiger partial charge in [-0.25, -0.2) is 4.98 Å². The fraction of sp³-hybridized carbons (Fsp3) is 0.455. The summed E-state index contributed by atoms with van der Waals surface area (Å²) >= 11 is 0. The molecule has 2 aromatic heterocycles. The average molecular weight is 379 g/mol. The van der Waals surface area contributed by atoms with Crippen LogP contribution in [0.4, 0.5) is 5.95 Å². The molecule has 1 aliphatic heterocycles. The van der Waals surface area contributed by atoms with Crippen LogP contribution < -0.4 is 11.1 Å². The van der Waals surface area contributed by atoms with Crippen LogP contribution in [0, 0.1) is 0 Å². The van der Waals surface area contributed by atoms with Crippen molar-refractivity contribution < 1.29 is 0 Å². The van der Waals surface area contributed by atoms with Gasteiger partial charge in [-0.15, -0.1) is 0 Å². The van der Waals surface area contributed by atoms with E-state index in [9.17, 15) is 0 Å². The van der Waals surface area contributed by atoms with Gasteiger partial charge in [-0.05, 0) is 63.0 Å². The minimum Gasteiger partial charge on any atom is -0.353 e. The molecule has 0 unspecified atom stereocenters. The lowest BCUT2D eigenvalue weighted by Gasteiger charge is -2.32. The zero-order valence-corrected chi connectivity index (χ0v) is 16.4. The summed E-state index contributed by atoms with van der Waals surface area (Å²) < 4.78 is 2.26. The normalized spacial score (nSPS) is 15.9. The summed E-state index contributed by atoms with van der Waals surface area (Å²) in [5, 5.41) is 3.72. The summed E-state index contributed by atoms with van der Waals surface area (Å²) in [5.41, 5.74) is 8.83. The SMILES string of the molecule is NCCCCN1CCC(Nc2nc3ccccc3n2Cc2ccccn2)CC1. The molecule has 3 heterocycles. The van der Waals surface area contributed by atoms with Crippen molar-refractivity contribution in [2.24, 2.45) is 5.73 Å². The topological polar surface area (TPSA) is 72.0 Å². The standard InChI is InChI=1S/C22H30N6/c23-12-4-6-14-27-15-10-18(11-16-27)25-22-26-20-8-1-2-9-21(20)28(22)17-19-7-3-5-13-24-19/h1-3,5,7-9,13,18H,4,6,10-12,14-17,23H2,(H,25,26). The number of imidazole rings is 1. The molecule has 0 spiro atoms. The van der Waals surface area contributed by atoms with Crippen LogP contribution in [0.5, 0.6) is 0 Å². The van der Waals surface area contributed by atoms with Gasteiger partial charge in [-0.2, -0.15) is 0 Å². The van der Waals surface area contributed by atoms with Gasteiger partial charge >= 0.3 is 0 Å². The number of fused-ring (bicyclic) bond motifs is 1. The molecule has 1 aromatic carbocycles. The van der Waals surface area contributed by atoms with Crippen LogP contribution in [-0.2, 0) is 6.54 Å². The molecule has 1 fully saturated rings. The van der Waals surface area contributed by atoms with Crippen molar-refractivity contribution in [3.63, 3.8) is 0 Å². The Morgan fingerprint density at radius 2 is 1.86 bits per heavy atom. The molecule has 6 nitrogen and oxygen atoms in total. The van der Waals surface area contributed by atoms with E-state index in [-0.39, 0.29) is 0 Å². The van der Waals surface area contributed by atoms with Crippen LogP contribution in [0.3, 0.4) is 0 Å². The number of para-hydroxylation sites is 2. The quantitative estimate of drug-likeness (QED) is 0.589. The van der Waals surface area contributed by atoms with E-state index in [1.54, 1.807) is 0 Å². The highest BCUT2D eigenvalue weighted by molar-refractivity contribution is 5.78. The van der Waals surface area contributed by atoms with E-state index in [0.717, 1.165) is 68.1 Å². The fourth-order valence-electron chi connectivity index (χ4n) is 3.96. The average Bonchev–Trinajstić information content (AvgIpc) is 3.07. The second kappa shape index (κ2) is 9.17. The predicted molar refractivity (Wildman–Crippen MR) is 114 cm³/mol. The van der Waals surface area contributed by atoms with E-state index in [1.165, 1.54) is 13.0 Å². The van der Waals surface area contributed by atoms with Gasteiger partial charge in [0.2, 0.25) is 5.95 Å². The molecule has 148 valence electrons. The Kier molecular flexibility index (Phi) is 6.19. The lowest BCUT2D eigenvalue weighted by molar-refractivity contribution is 0.215. The molecule has 3 aromatic rings. The van der Waals surface area contributed by atoms with Crippen LogP contribution in [0.2, 0.25) is 0 Å². The number of anilines is 1. The van der Waals surface area contributed by atoms with Crippen molar-refractivity contribution in [2.75, 3.05) is 31.5 Å². The van der Waals surface area contributed by atoms with Crippen molar-refractivity contribution in [3.05, 3.63) is 54.4 Å². The number of likely N-dealkylation sites (tertiary alicyclic amines) is 1. The summed E-state index contributed by atoms with van der Waals surface area (Å²) in [6.07, 6.45) is 6.47. The number of piperidine rings is 1. The van der Waals surface area contributed by atoms with Gasteiger partial charge in [0.15, 0.2) is 0 Å². The van der Waals surface area contributed by atoms with Crippen LogP contribution in [0.1, 0.15) is 31.4 Å². The zero-order valence-electron chi connectivity index (χ0n) is 16.4. The fourth-order valence-corrected chi connectivity index (χ4v) is 3.96. The highest BCUT2D eigenvalue weighted by Gasteiger charge is 2.21. The molecule has 0 atom stereocenters. The molecule has 0 amide bonds. The first-order chi connectivity index (χ1) is 13.8. The number of rotatable bonds is 8. The van der Waals surface area contributed by atoms with Crippen molar-refractivity contribution >= 4 is 17.0 Å². The zero-order chi connectivity index (χ0) is 19.2. The van der Waals surface area contributed by atoms with Crippen LogP contribution in [0.25, 0.3) is 11.0 Å². The second-order valence-corrected chi connectivity index (χ2v) is 7.59. The Bertz CT molecular complexity index is 867. The molecule has 1 saturated heterocycles. The number of nitrogens with two attached hydrogens (primary N) is 1. The summed E-state index contributed by atoms with van der Waals surface area (Å²) in [5.74, 6) is 0.952. The van der Waals surface area contributed by atoms with Crippen molar-refractivity contribution in [1.29, 1.82) is 0 Å². The molecule has 0 saturated carbocycles. The molecule has 0 radical (unpaired) electrons. The van der Waals surface area contributed by atoms with E-state index < -0.39 is 0 Å². The largest absolute Gasteiger partial charge is 0.353 e. The first-order valence-corrected chi connectivity index (χ1v) is 10.4. The first-order valence-electron chi connectivity index (χ1n) is 10.4. The number of aromatic nitrogens is 3. The molecule has 1 aliphatic rings. The maximum absolute atomic E-state index is 5.61. The minimum atomic E-state index is 0.463. The van der Waals surface area contributed by atoms with Gasteiger partial charge in [0.1, 0.15) is 0 Å². The van der Waals surface area contributed by atoms with E-state index in [2.05, 4.69) is 44.0 Å². The van der Waals surface area contributed by atoms with Gasteiger partial charge in [-0.3, -0.25) is 4.98 Å². The van der Waals surface area contributed by atoms with E-state index in [1.807, 2.05) is 24.4 Å². The molecule has 28 heavy (non-hydrogen) atoms. The van der Waals surface area contributed by atoms with Crippen molar-refractivity contribution in [2.45, 2.75) is 38.3 Å². The molecule has 6 heteroatoms. The van der Waals surface area contributed by atoms with E-state index >= 15 is 0 Å². The molecule has 4 rings (SSSR count). The van der Waals surface area contributed by atoms with Gasteiger partial charge in [-0.1, -0.05) is 18.2 Å².